The molecule has 1 aromatic rings. The Balaban J connectivity index is 1.81. The molecule has 1 aromatic carbocycles. The van der Waals surface area contributed by atoms with Crippen LogP contribution in [0.2, 0.25) is 0 Å². The monoisotopic (exact) mass is 363 g/mol. The Morgan fingerprint density at radius 3 is 2.62 bits per heavy atom. The van der Waals surface area contributed by atoms with Crippen molar-refractivity contribution in [1.82, 2.24) is 16.0 Å². The molecule has 2 rings (SSSR count). The Hall–Kier alpha value is -1.82. The SMILES string of the molecule is CCNC(=NCCNC(C)(C)C)NC1CCN(c2cccc(F)c2)CC1. The molecule has 1 heterocycles. The predicted octanol–water partition coefficient (Wildman–Crippen LogP) is 2.74. The van der Waals surface area contributed by atoms with E-state index < -0.39 is 0 Å². The van der Waals surface area contributed by atoms with E-state index in [4.69, 9.17) is 0 Å². The van der Waals surface area contributed by atoms with Gasteiger partial charge in [-0.15, -0.1) is 0 Å². The second-order valence-corrected chi connectivity index (χ2v) is 7.82. The van der Waals surface area contributed by atoms with Gasteiger partial charge in [0.2, 0.25) is 0 Å². The number of anilines is 1. The number of rotatable bonds is 6. The fraction of sp³-hybridized carbons (Fsp3) is 0.650. The fourth-order valence-electron chi connectivity index (χ4n) is 3.07. The lowest BCUT2D eigenvalue weighted by molar-refractivity contribution is 0.431. The average Bonchev–Trinajstić information content (AvgIpc) is 2.58. The summed E-state index contributed by atoms with van der Waals surface area (Å²) in [6.07, 6.45) is 2.03. The van der Waals surface area contributed by atoms with Crippen molar-refractivity contribution in [3.63, 3.8) is 0 Å². The molecule has 0 aromatic heterocycles. The zero-order valence-electron chi connectivity index (χ0n) is 16.6. The molecule has 1 saturated heterocycles. The van der Waals surface area contributed by atoms with Gasteiger partial charge in [-0.3, -0.25) is 4.99 Å². The number of piperidine rings is 1. The summed E-state index contributed by atoms with van der Waals surface area (Å²) in [6.45, 7) is 12.9. The quantitative estimate of drug-likeness (QED) is 0.413. The summed E-state index contributed by atoms with van der Waals surface area (Å²) < 4.78 is 13.4. The first-order valence-corrected chi connectivity index (χ1v) is 9.68. The molecule has 0 spiro atoms. The van der Waals surface area contributed by atoms with Crippen molar-refractivity contribution in [2.45, 2.75) is 52.1 Å². The number of guanidine groups is 1. The highest BCUT2D eigenvalue weighted by molar-refractivity contribution is 5.80. The molecule has 0 bridgehead atoms. The number of aliphatic imine (C=N–C) groups is 1. The zero-order valence-corrected chi connectivity index (χ0v) is 16.6. The largest absolute Gasteiger partial charge is 0.371 e. The van der Waals surface area contributed by atoms with E-state index in [1.165, 1.54) is 6.07 Å². The minimum Gasteiger partial charge on any atom is -0.371 e. The first-order valence-electron chi connectivity index (χ1n) is 9.68. The molecule has 0 amide bonds. The number of hydrogen-bond acceptors (Lipinski definition) is 3. The molecule has 0 aliphatic carbocycles. The Bertz CT molecular complexity index is 574. The van der Waals surface area contributed by atoms with Crippen LogP contribution in [-0.2, 0) is 0 Å². The van der Waals surface area contributed by atoms with Gasteiger partial charge < -0.3 is 20.9 Å². The van der Waals surface area contributed by atoms with Gasteiger partial charge in [0.1, 0.15) is 5.82 Å². The molecule has 3 N–H and O–H groups in total. The van der Waals surface area contributed by atoms with Crippen LogP contribution < -0.4 is 20.9 Å². The smallest absolute Gasteiger partial charge is 0.191 e. The lowest BCUT2D eigenvalue weighted by Gasteiger charge is -2.34. The second kappa shape index (κ2) is 9.76. The van der Waals surface area contributed by atoms with Crippen LogP contribution in [0.25, 0.3) is 0 Å². The maximum atomic E-state index is 13.4. The van der Waals surface area contributed by atoms with Crippen molar-refractivity contribution in [2.75, 3.05) is 37.6 Å². The molecule has 146 valence electrons. The van der Waals surface area contributed by atoms with Crippen molar-refractivity contribution in [3.05, 3.63) is 30.1 Å². The predicted molar refractivity (Wildman–Crippen MR) is 109 cm³/mol. The lowest BCUT2D eigenvalue weighted by Crippen LogP contribution is -2.49. The minimum atomic E-state index is -0.173. The van der Waals surface area contributed by atoms with Gasteiger partial charge in [0.05, 0.1) is 6.54 Å². The standard InChI is InChI=1S/C20H34FN5/c1-5-22-19(23-11-12-24-20(2,3)4)25-17-9-13-26(14-10-17)18-8-6-7-16(21)15-18/h6-8,15,17,24H,5,9-14H2,1-4H3,(H2,22,23,25). The molecule has 1 fully saturated rings. The average molecular weight is 364 g/mol. The highest BCUT2D eigenvalue weighted by Gasteiger charge is 2.20. The number of nitrogens with zero attached hydrogens (tertiary/aromatic N) is 2. The maximum absolute atomic E-state index is 13.4. The molecule has 6 heteroatoms. The van der Waals surface area contributed by atoms with Crippen LogP contribution in [0.3, 0.4) is 0 Å². The third kappa shape index (κ3) is 7.20. The van der Waals surface area contributed by atoms with E-state index in [2.05, 4.69) is 53.5 Å². The van der Waals surface area contributed by atoms with Gasteiger partial charge >= 0.3 is 0 Å². The Kier molecular flexibility index (Phi) is 7.69. The van der Waals surface area contributed by atoms with Crippen LogP contribution in [0.5, 0.6) is 0 Å². The molecule has 26 heavy (non-hydrogen) atoms. The topological polar surface area (TPSA) is 51.7 Å². The molecule has 1 aliphatic heterocycles. The molecule has 0 radical (unpaired) electrons. The van der Waals surface area contributed by atoms with E-state index in [1.54, 1.807) is 12.1 Å². The van der Waals surface area contributed by atoms with Gasteiger partial charge in [0, 0.05) is 43.4 Å². The number of halogens is 1. The third-order valence-corrected chi connectivity index (χ3v) is 4.39. The van der Waals surface area contributed by atoms with Crippen molar-refractivity contribution in [3.8, 4) is 0 Å². The number of hydrogen-bond donors (Lipinski definition) is 3. The molecule has 5 nitrogen and oxygen atoms in total. The summed E-state index contributed by atoms with van der Waals surface area (Å²) in [6, 6.07) is 7.25. The molecule has 0 unspecified atom stereocenters. The van der Waals surface area contributed by atoms with Crippen LogP contribution in [0.4, 0.5) is 10.1 Å². The number of benzene rings is 1. The normalized spacial score (nSPS) is 16.7. The molecule has 0 saturated carbocycles. The molecule has 1 aliphatic rings. The van der Waals surface area contributed by atoms with Crippen molar-refractivity contribution < 1.29 is 4.39 Å². The van der Waals surface area contributed by atoms with Crippen LogP contribution in [-0.4, -0.2) is 50.3 Å². The molecule has 0 atom stereocenters. The van der Waals surface area contributed by atoms with Crippen LogP contribution in [0, 0.1) is 5.82 Å². The summed E-state index contributed by atoms with van der Waals surface area (Å²) >= 11 is 0. The zero-order chi connectivity index (χ0) is 19.0. The van der Waals surface area contributed by atoms with E-state index in [9.17, 15) is 4.39 Å². The summed E-state index contributed by atoms with van der Waals surface area (Å²) in [5, 5.41) is 10.3. The van der Waals surface area contributed by atoms with Crippen LogP contribution in [0.15, 0.2) is 29.3 Å². The third-order valence-electron chi connectivity index (χ3n) is 4.39. The number of nitrogens with one attached hydrogen (secondary N) is 3. The van der Waals surface area contributed by atoms with Gasteiger partial charge in [-0.1, -0.05) is 6.07 Å². The fourth-order valence-corrected chi connectivity index (χ4v) is 3.07. The van der Waals surface area contributed by atoms with Crippen LogP contribution in [0.1, 0.15) is 40.5 Å². The first-order chi connectivity index (χ1) is 12.4. The summed E-state index contributed by atoms with van der Waals surface area (Å²) in [5.74, 6) is 0.709. The minimum absolute atomic E-state index is 0.116. The van der Waals surface area contributed by atoms with Crippen molar-refractivity contribution in [2.24, 2.45) is 4.99 Å². The molecular weight excluding hydrogens is 329 g/mol. The highest BCUT2D eigenvalue weighted by Crippen LogP contribution is 2.20. The van der Waals surface area contributed by atoms with Crippen LogP contribution >= 0.6 is 0 Å². The maximum Gasteiger partial charge on any atom is 0.191 e. The Labute approximate surface area is 157 Å². The van der Waals surface area contributed by atoms with E-state index in [1.807, 2.05) is 6.07 Å². The van der Waals surface area contributed by atoms with Crippen molar-refractivity contribution >= 4 is 11.6 Å². The highest BCUT2D eigenvalue weighted by atomic mass is 19.1. The van der Waals surface area contributed by atoms with Gasteiger partial charge in [-0.25, -0.2) is 4.39 Å². The van der Waals surface area contributed by atoms with Gasteiger partial charge in [0.15, 0.2) is 5.96 Å². The van der Waals surface area contributed by atoms with Gasteiger partial charge in [-0.2, -0.15) is 0 Å². The van der Waals surface area contributed by atoms with Gasteiger partial charge in [-0.05, 0) is 58.7 Å². The summed E-state index contributed by atoms with van der Waals surface area (Å²) in [7, 11) is 0. The van der Waals surface area contributed by atoms with E-state index in [0.717, 1.165) is 57.2 Å². The van der Waals surface area contributed by atoms with E-state index in [-0.39, 0.29) is 11.4 Å². The van der Waals surface area contributed by atoms with Crippen molar-refractivity contribution in [1.29, 1.82) is 0 Å². The van der Waals surface area contributed by atoms with E-state index >= 15 is 0 Å². The van der Waals surface area contributed by atoms with E-state index in [0.29, 0.717) is 6.04 Å². The first kappa shape index (κ1) is 20.5. The summed E-state index contributed by atoms with van der Waals surface area (Å²) in [4.78, 5) is 6.92. The lowest BCUT2D eigenvalue weighted by atomic mass is 10.0. The Morgan fingerprint density at radius 1 is 1.27 bits per heavy atom. The Morgan fingerprint density at radius 2 is 2.00 bits per heavy atom. The molecular formula is C20H34FN5. The second-order valence-electron chi connectivity index (χ2n) is 7.82. The summed E-state index contributed by atoms with van der Waals surface area (Å²) in [5.41, 5.74) is 1.09. The van der Waals surface area contributed by atoms with Gasteiger partial charge in [0.25, 0.3) is 0 Å².